The van der Waals surface area contributed by atoms with Gasteiger partial charge in [-0.3, -0.25) is 19.3 Å². The van der Waals surface area contributed by atoms with Crippen LogP contribution in [0.3, 0.4) is 0 Å². The van der Waals surface area contributed by atoms with E-state index in [0.29, 0.717) is 17.0 Å². The molecule has 1 aliphatic rings. The van der Waals surface area contributed by atoms with E-state index in [-0.39, 0.29) is 28.1 Å². The number of aryl methyl sites for hydroxylation is 1. The van der Waals surface area contributed by atoms with Gasteiger partial charge in [0.05, 0.1) is 28.8 Å². The van der Waals surface area contributed by atoms with Crippen molar-refractivity contribution in [2.24, 2.45) is 0 Å². The van der Waals surface area contributed by atoms with Crippen LogP contribution in [-0.4, -0.2) is 49.4 Å². The zero-order chi connectivity index (χ0) is 23.9. The number of nitrogens with zero attached hydrogens (tertiary/aromatic N) is 2. The largest absolute Gasteiger partial charge is 0.467 e. The Bertz CT molecular complexity index is 1380. The Morgan fingerprint density at radius 1 is 1.03 bits per heavy atom. The van der Waals surface area contributed by atoms with E-state index in [1.165, 1.54) is 50.7 Å². The third kappa shape index (κ3) is 4.06. The molecular weight excluding hydrogens is 446 g/mol. The first-order chi connectivity index (χ1) is 15.6. The molecule has 1 aliphatic heterocycles. The molecule has 2 aromatic carbocycles. The second kappa shape index (κ2) is 8.30. The summed E-state index contributed by atoms with van der Waals surface area (Å²) in [7, 11) is -0.835. The molecule has 0 fully saturated rings. The quantitative estimate of drug-likeness (QED) is 0.557. The molecule has 1 aromatic heterocycles. The van der Waals surface area contributed by atoms with E-state index in [9.17, 15) is 22.8 Å². The molecule has 0 radical (unpaired) electrons. The minimum absolute atomic E-state index is 0.00673. The molecule has 0 aliphatic carbocycles. The van der Waals surface area contributed by atoms with E-state index < -0.39 is 27.7 Å². The minimum Gasteiger partial charge on any atom is -0.467 e. The first-order valence-electron chi connectivity index (χ1n) is 9.97. The summed E-state index contributed by atoms with van der Waals surface area (Å²) in [6, 6.07) is 12.0. The van der Waals surface area contributed by atoms with Gasteiger partial charge in [-0.2, -0.15) is 0 Å². The van der Waals surface area contributed by atoms with Crippen LogP contribution in [0.1, 0.15) is 42.4 Å². The van der Waals surface area contributed by atoms with Gasteiger partial charge in [0, 0.05) is 25.3 Å². The second-order valence-corrected chi connectivity index (χ2v) is 9.91. The number of anilines is 1. The number of benzene rings is 2. The lowest BCUT2D eigenvalue weighted by Crippen LogP contribution is -2.28. The van der Waals surface area contributed by atoms with E-state index in [1.807, 2.05) is 0 Å². The summed E-state index contributed by atoms with van der Waals surface area (Å²) in [5.41, 5.74) is 1.48. The van der Waals surface area contributed by atoms with Gasteiger partial charge in [-0.1, -0.05) is 6.07 Å². The van der Waals surface area contributed by atoms with Gasteiger partial charge in [0.1, 0.15) is 5.76 Å². The van der Waals surface area contributed by atoms with Crippen LogP contribution in [0.2, 0.25) is 0 Å². The summed E-state index contributed by atoms with van der Waals surface area (Å²) >= 11 is 0. The molecule has 0 atom stereocenters. The Balaban J connectivity index is 1.59. The monoisotopic (exact) mass is 467 g/mol. The Morgan fingerprint density at radius 2 is 1.76 bits per heavy atom. The fourth-order valence-corrected chi connectivity index (χ4v) is 4.36. The van der Waals surface area contributed by atoms with Crippen LogP contribution in [0.15, 0.2) is 64.1 Å². The first-order valence-corrected chi connectivity index (χ1v) is 11.4. The van der Waals surface area contributed by atoms with Crippen LogP contribution < -0.4 is 5.32 Å². The highest BCUT2D eigenvalue weighted by Gasteiger charge is 2.36. The van der Waals surface area contributed by atoms with Crippen LogP contribution in [0.4, 0.5) is 5.69 Å². The average Bonchev–Trinajstić information content (AvgIpc) is 3.37. The molecule has 1 N–H and O–H groups in total. The molecule has 0 saturated carbocycles. The highest BCUT2D eigenvalue weighted by molar-refractivity contribution is 7.89. The SMILES string of the molecule is Cc1ccc(S(=O)(=O)N(C)C)cc1NC(=O)c1ccc2c(c1)C(=O)N(Cc1ccco1)C2=O. The zero-order valence-corrected chi connectivity index (χ0v) is 19.0. The maximum absolute atomic E-state index is 12.9. The maximum Gasteiger partial charge on any atom is 0.261 e. The molecule has 33 heavy (non-hydrogen) atoms. The molecule has 10 heteroatoms. The van der Waals surface area contributed by atoms with Crippen molar-refractivity contribution in [1.29, 1.82) is 0 Å². The molecule has 3 aromatic rings. The number of sulfonamides is 1. The van der Waals surface area contributed by atoms with E-state index in [1.54, 1.807) is 25.1 Å². The smallest absolute Gasteiger partial charge is 0.261 e. The highest BCUT2D eigenvalue weighted by Crippen LogP contribution is 2.27. The summed E-state index contributed by atoms with van der Waals surface area (Å²) in [6.45, 7) is 1.73. The van der Waals surface area contributed by atoms with Gasteiger partial charge in [0.15, 0.2) is 0 Å². The van der Waals surface area contributed by atoms with Crippen molar-refractivity contribution in [3.63, 3.8) is 0 Å². The summed E-state index contributed by atoms with van der Waals surface area (Å²) < 4.78 is 31.2. The average molecular weight is 468 g/mol. The van der Waals surface area contributed by atoms with E-state index in [4.69, 9.17) is 4.42 Å². The van der Waals surface area contributed by atoms with Crippen LogP contribution in [0.25, 0.3) is 0 Å². The van der Waals surface area contributed by atoms with E-state index in [2.05, 4.69) is 5.32 Å². The van der Waals surface area contributed by atoms with Crippen molar-refractivity contribution in [2.45, 2.75) is 18.4 Å². The number of fused-ring (bicyclic) bond motifs is 1. The molecule has 0 bridgehead atoms. The van der Waals surface area contributed by atoms with Gasteiger partial charge in [-0.15, -0.1) is 0 Å². The number of hydrogen-bond acceptors (Lipinski definition) is 6. The van der Waals surface area contributed by atoms with Crippen LogP contribution in [0, 0.1) is 6.92 Å². The first kappa shape index (κ1) is 22.4. The van der Waals surface area contributed by atoms with Gasteiger partial charge in [-0.25, -0.2) is 12.7 Å². The van der Waals surface area contributed by atoms with Crippen LogP contribution >= 0.6 is 0 Å². The molecule has 0 unspecified atom stereocenters. The number of nitrogens with one attached hydrogen (secondary N) is 1. The predicted molar refractivity (Wildman–Crippen MR) is 119 cm³/mol. The number of furan rings is 1. The fourth-order valence-electron chi connectivity index (χ4n) is 3.44. The third-order valence-electron chi connectivity index (χ3n) is 5.36. The summed E-state index contributed by atoms with van der Waals surface area (Å²) in [4.78, 5) is 39.4. The minimum atomic E-state index is -3.68. The third-order valence-corrected chi connectivity index (χ3v) is 7.17. The Kier molecular flexibility index (Phi) is 5.64. The fraction of sp³-hybridized carbons (Fsp3) is 0.174. The van der Waals surface area contributed by atoms with Crippen molar-refractivity contribution < 1.29 is 27.2 Å². The Morgan fingerprint density at radius 3 is 2.42 bits per heavy atom. The second-order valence-electron chi connectivity index (χ2n) is 7.75. The number of amides is 3. The summed E-state index contributed by atoms with van der Waals surface area (Å²) in [6.07, 6.45) is 1.46. The summed E-state index contributed by atoms with van der Waals surface area (Å²) in [5, 5.41) is 2.70. The van der Waals surface area contributed by atoms with Crippen LogP contribution in [0.5, 0.6) is 0 Å². The number of carbonyl (C=O) groups is 3. The Hall–Kier alpha value is -3.76. The van der Waals surface area contributed by atoms with Gasteiger partial charge < -0.3 is 9.73 Å². The predicted octanol–water partition coefficient (Wildman–Crippen LogP) is 2.89. The van der Waals surface area contributed by atoms with E-state index in [0.717, 1.165) is 9.21 Å². The topological polar surface area (TPSA) is 117 Å². The zero-order valence-electron chi connectivity index (χ0n) is 18.2. The van der Waals surface area contributed by atoms with E-state index >= 15 is 0 Å². The van der Waals surface area contributed by atoms with Crippen molar-refractivity contribution in [1.82, 2.24) is 9.21 Å². The number of imide groups is 1. The molecule has 4 rings (SSSR count). The van der Waals surface area contributed by atoms with Crippen molar-refractivity contribution >= 4 is 33.4 Å². The van der Waals surface area contributed by atoms with Gasteiger partial charge >= 0.3 is 0 Å². The van der Waals surface area contributed by atoms with Crippen molar-refractivity contribution in [2.75, 3.05) is 19.4 Å². The van der Waals surface area contributed by atoms with Crippen LogP contribution in [-0.2, 0) is 16.6 Å². The Labute approximate surface area is 190 Å². The molecule has 0 spiro atoms. The number of carbonyl (C=O) groups excluding carboxylic acids is 3. The lowest BCUT2D eigenvalue weighted by atomic mass is 10.0. The standard InChI is InChI=1S/C23H21N3O6S/c1-14-6-8-17(33(30,31)25(2)3)12-20(14)24-21(27)15-7-9-18-19(11-15)23(29)26(22(18)28)13-16-5-4-10-32-16/h4-12H,13H2,1-3H3,(H,24,27). The molecule has 3 amide bonds. The molecule has 9 nitrogen and oxygen atoms in total. The van der Waals surface area contributed by atoms with Gasteiger partial charge in [-0.05, 0) is 55.0 Å². The normalized spacial score (nSPS) is 13.5. The van der Waals surface area contributed by atoms with Crippen molar-refractivity contribution in [3.8, 4) is 0 Å². The van der Waals surface area contributed by atoms with Gasteiger partial charge in [0.2, 0.25) is 10.0 Å². The number of hydrogen-bond donors (Lipinski definition) is 1. The lowest BCUT2D eigenvalue weighted by Gasteiger charge is -2.14. The van der Waals surface area contributed by atoms with Crippen molar-refractivity contribution in [3.05, 3.63) is 82.8 Å². The molecule has 170 valence electrons. The molecular formula is C23H21N3O6S. The molecule has 2 heterocycles. The maximum atomic E-state index is 12.9. The van der Waals surface area contributed by atoms with Gasteiger partial charge in [0.25, 0.3) is 17.7 Å². The highest BCUT2D eigenvalue weighted by atomic mass is 32.2. The lowest BCUT2D eigenvalue weighted by molar-refractivity contribution is 0.0631. The summed E-state index contributed by atoms with van der Waals surface area (Å²) in [5.74, 6) is -1.05. The number of rotatable bonds is 6. The molecule has 0 saturated heterocycles.